The Kier molecular flexibility index (Phi) is 4.14. The molecule has 0 atom stereocenters. The van der Waals surface area contributed by atoms with Crippen molar-refractivity contribution in [1.82, 2.24) is 0 Å². The summed E-state index contributed by atoms with van der Waals surface area (Å²) < 4.78 is 0. The smallest absolute Gasteiger partial charge is 0.872 e. The number of hydrogen-bond acceptors (Lipinski definition) is 4. The van der Waals surface area contributed by atoms with Crippen molar-refractivity contribution in [3.63, 3.8) is 0 Å². The van der Waals surface area contributed by atoms with E-state index in [4.69, 9.17) is 10.2 Å². The number of carbonyl (C=O) groups is 2. The maximum Gasteiger partial charge on any atom is 2.00 e. The van der Waals surface area contributed by atoms with Gasteiger partial charge in [0.1, 0.15) is 0 Å². The van der Waals surface area contributed by atoms with E-state index in [1.54, 1.807) is 0 Å². The second kappa shape index (κ2) is 4.68. The molecular formula is C8H4MnO6. The molecule has 0 aliphatic carbocycles. The van der Waals surface area contributed by atoms with Gasteiger partial charge in [0.2, 0.25) is 0 Å². The summed E-state index contributed by atoms with van der Waals surface area (Å²) in [5.74, 6) is -5.72. The van der Waals surface area contributed by atoms with Crippen molar-refractivity contribution in [2.45, 2.75) is 0 Å². The first-order valence-electron chi connectivity index (χ1n) is 3.42. The molecule has 0 fully saturated rings. The van der Waals surface area contributed by atoms with Crippen LogP contribution in [0, 0.1) is 0 Å². The molecule has 0 amide bonds. The van der Waals surface area contributed by atoms with Crippen molar-refractivity contribution in [1.29, 1.82) is 0 Å². The van der Waals surface area contributed by atoms with Gasteiger partial charge in [0.25, 0.3) is 0 Å². The molecule has 1 aromatic carbocycles. The molecular weight excluding hydrogens is 247 g/mol. The average molecular weight is 251 g/mol. The van der Waals surface area contributed by atoms with Crippen LogP contribution in [0.5, 0.6) is 11.5 Å². The minimum Gasteiger partial charge on any atom is -0.872 e. The molecule has 0 aromatic heterocycles. The molecule has 0 aliphatic heterocycles. The zero-order chi connectivity index (χ0) is 10.9. The van der Waals surface area contributed by atoms with Gasteiger partial charge in [-0.05, 0) is 12.1 Å². The molecule has 6 nitrogen and oxygen atoms in total. The Balaban J connectivity index is 0.00000196. The first-order valence-corrected chi connectivity index (χ1v) is 3.42. The van der Waals surface area contributed by atoms with Crippen molar-refractivity contribution in [3.8, 4) is 11.5 Å². The summed E-state index contributed by atoms with van der Waals surface area (Å²) in [5, 5.41) is 38.8. The SMILES string of the molecule is O=C(O)c1ccc(C(=O)O)c([O-])c1[O-].[Mn+2]. The van der Waals surface area contributed by atoms with Crippen LogP contribution in [0.15, 0.2) is 12.1 Å². The summed E-state index contributed by atoms with van der Waals surface area (Å²) in [6.45, 7) is 0. The maximum atomic E-state index is 11.0. The minimum atomic E-state index is -1.55. The van der Waals surface area contributed by atoms with E-state index in [0.29, 0.717) is 0 Å². The van der Waals surface area contributed by atoms with E-state index in [1.807, 2.05) is 0 Å². The van der Waals surface area contributed by atoms with Crippen molar-refractivity contribution >= 4 is 11.9 Å². The second-order valence-corrected chi connectivity index (χ2v) is 2.43. The Morgan fingerprint density at radius 3 is 1.40 bits per heavy atom. The zero-order valence-corrected chi connectivity index (χ0v) is 8.24. The predicted octanol–water partition coefficient (Wildman–Crippen LogP) is -0.772. The van der Waals surface area contributed by atoms with Crippen LogP contribution in [0.25, 0.3) is 0 Å². The molecule has 0 heterocycles. The Bertz CT molecular complexity index is 375. The number of carboxylic acids is 2. The molecule has 0 aliphatic rings. The third-order valence-electron chi connectivity index (χ3n) is 1.57. The monoisotopic (exact) mass is 251 g/mol. The molecule has 0 saturated heterocycles. The topological polar surface area (TPSA) is 121 Å². The summed E-state index contributed by atoms with van der Waals surface area (Å²) in [6, 6.07) is 1.60. The van der Waals surface area contributed by atoms with Crippen LogP contribution in [0.2, 0.25) is 0 Å². The summed E-state index contributed by atoms with van der Waals surface area (Å²) in [6.07, 6.45) is 0. The molecule has 1 rings (SSSR count). The number of carboxylic acid groups (broad SMARTS) is 2. The van der Waals surface area contributed by atoms with Crippen molar-refractivity contribution in [3.05, 3.63) is 23.3 Å². The molecule has 1 aromatic rings. The predicted molar refractivity (Wildman–Crippen MR) is 39.3 cm³/mol. The normalized spacial score (nSPS) is 9.07. The Hall–Kier alpha value is -1.72. The second-order valence-electron chi connectivity index (χ2n) is 2.43. The van der Waals surface area contributed by atoms with Crippen LogP contribution in [0.4, 0.5) is 0 Å². The molecule has 0 saturated carbocycles. The minimum absolute atomic E-state index is 0. The van der Waals surface area contributed by atoms with Crippen LogP contribution in [-0.2, 0) is 17.1 Å². The van der Waals surface area contributed by atoms with E-state index >= 15 is 0 Å². The third kappa shape index (κ3) is 2.39. The quantitative estimate of drug-likeness (QED) is 0.665. The number of benzene rings is 1. The van der Waals surface area contributed by atoms with Gasteiger partial charge in [-0.3, -0.25) is 0 Å². The Morgan fingerprint density at radius 2 is 1.20 bits per heavy atom. The molecule has 0 spiro atoms. The van der Waals surface area contributed by atoms with Gasteiger partial charge in [-0.1, -0.05) is 0 Å². The van der Waals surface area contributed by atoms with Crippen LogP contribution in [0.3, 0.4) is 0 Å². The molecule has 79 valence electrons. The summed E-state index contributed by atoms with van der Waals surface area (Å²) in [5.41, 5.74) is -1.44. The largest absolute Gasteiger partial charge is 2.00 e. The zero-order valence-electron chi connectivity index (χ0n) is 7.06. The van der Waals surface area contributed by atoms with Crippen molar-refractivity contribution < 1.29 is 47.1 Å². The third-order valence-corrected chi connectivity index (χ3v) is 1.57. The van der Waals surface area contributed by atoms with Crippen molar-refractivity contribution in [2.75, 3.05) is 0 Å². The van der Waals surface area contributed by atoms with E-state index < -0.39 is 34.6 Å². The number of hydrogen-bond donors (Lipinski definition) is 2. The van der Waals surface area contributed by atoms with E-state index in [0.717, 1.165) is 12.1 Å². The molecule has 15 heavy (non-hydrogen) atoms. The van der Waals surface area contributed by atoms with Crippen LogP contribution in [0.1, 0.15) is 20.7 Å². The fourth-order valence-electron chi connectivity index (χ4n) is 0.899. The molecule has 1 radical (unpaired) electrons. The van der Waals surface area contributed by atoms with Gasteiger partial charge in [0.15, 0.2) is 0 Å². The Labute approximate surface area is 94.3 Å². The average Bonchev–Trinajstić information content (AvgIpc) is 2.08. The fraction of sp³-hybridized carbons (Fsp3) is 0. The van der Waals surface area contributed by atoms with Crippen LogP contribution >= 0.6 is 0 Å². The van der Waals surface area contributed by atoms with E-state index in [1.165, 1.54) is 0 Å². The van der Waals surface area contributed by atoms with E-state index in [-0.39, 0.29) is 17.1 Å². The maximum absolute atomic E-state index is 11.0. The molecule has 2 N–H and O–H groups in total. The molecule has 0 bridgehead atoms. The van der Waals surface area contributed by atoms with Gasteiger partial charge in [-0.25, -0.2) is 9.59 Å². The molecule has 7 heteroatoms. The van der Waals surface area contributed by atoms with E-state index in [9.17, 15) is 19.8 Å². The Morgan fingerprint density at radius 1 is 0.933 bits per heavy atom. The first kappa shape index (κ1) is 13.3. The number of rotatable bonds is 2. The van der Waals surface area contributed by atoms with Gasteiger partial charge in [-0.15, -0.1) is 11.5 Å². The summed E-state index contributed by atoms with van der Waals surface area (Å²) in [4.78, 5) is 20.7. The van der Waals surface area contributed by atoms with Gasteiger partial charge in [-0.2, -0.15) is 0 Å². The summed E-state index contributed by atoms with van der Waals surface area (Å²) in [7, 11) is 0. The van der Waals surface area contributed by atoms with E-state index in [2.05, 4.69) is 0 Å². The van der Waals surface area contributed by atoms with Gasteiger partial charge >= 0.3 is 29.0 Å². The van der Waals surface area contributed by atoms with Gasteiger partial charge in [0.05, 0.1) is 11.1 Å². The standard InChI is InChI=1S/C8H6O6.Mn/c9-5-3(7(11)12)1-2-4(6(5)10)8(13)14;/h1-2,9-10H,(H,11,12)(H,13,14);/q;+2/p-2. The molecule has 0 unspecified atom stereocenters. The first-order chi connectivity index (χ1) is 6.45. The van der Waals surface area contributed by atoms with Crippen LogP contribution < -0.4 is 10.2 Å². The van der Waals surface area contributed by atoms with Crippen molar-refractivity contribution in [2.24, 2.45) is 0 Å². The van der Waals surface area contributed by atoms with Gasteiger partial charge < -0.3 is 20.4 Å². The fourth-order valence-corrected chi connectivity index (χ4v) is 0.899. The van der Waals surface area contributed by atoms with Gasteiger partial charge in [0, 0.05) is 0 Å². The number of aromatic carboxylic acids is 2. The summed E-state index contributed by atoms with van der Waals surface area (Å²) >= 11 is 0. The van der Waals surface area contributed by atoms with Crippen LogP contribution in [-0.4, -0.2) is 22.2 Å².